The van der Waals surface area contributed by atoms with Crippen LogP contribution < -0.4 is 10.3 Å². The number of hydrazone groups is 1. The largest absolute Gasteiger partial charge is 0.505 e. The third-order valence-electron chi connectivity index (χ3n) is 6.39. The van der Waals surface area contributed by atoms with E-state index in [4.69, 9.17) is 0 Å². The average molecular weight is 549 g/mol. The molecule has 0 saturated heterocycles. The van der Waals surface area contributed by atoms with Gasteiger partial charge in [-0.2, -0.15) is 18.3 Å². The summed E-state index contributed by atoms with van der Waals surface area (Å²) < 4.78 is 54.9. The molecule has 3 N–H and O–H groups in total. The Labute approximate surface area is 224 Å². The summed E-state index contributed by atoms with van der Waals surface area (Å²) >= 11 is 0. The highest BCUT2D eigenvalue weighted by atomic mass is 19.4. The van der Waals surface area contributed by atoms with Crippen molar-refractivity contribution in [3.05, 3.63) is 107 Å². The van der Waals surface area contributed by atoms with Gasteiger partial charge in [-0.05, 0) is 66.6 Å². The molecule has 7 nitrogen and oxygen atoms in total. The van der Waals surface area contributed by atoms with Crippen LogP contribution in [0.2, 0.25) is 0 Å². The second-order valence-electron chi connectivity index (χ2n) is 8.96. The van der Waals surface area contributed by atoms with Crippen LogP contribution >= 0.6 is 0 Å². The van der Waals surface area contributed by atoms with Crippen molar-refractivity contribution < 1.29 is 37.4 Å². The summed E-state index contributed by atoms with van der Waals surface area (Å²) in [5, 5.41) is 24.2. The van der Waals surface area contributed by atoms with Crippen molar-refractivity contribution in [3.63, 3.8) is 0 Å². The maximum atomic E-state index is 14.2. The highest BCUT2D eigenvalue weighted by Gasteiger charge is 2.38. The number of benzene rings is 4. The number of carbonyl (C=O) groups excluding carboxylic acids is 1. The first-order valence-electron chi connectivity index (χ1n) is 11.8. The number of anilines is 3. The summed E-state index contributed by atoms with van der Waals surface area (Å²) in [6, 6.07) is 17.3. The fraction of sp³-hybridized carbons (Fsp3) is 0.0690. The number of aromatic carboxylic acids is 1. The summed E-state index contributed by atoms with van der Waals surface area (Å²) in [6.07, 6.45) is -4.65. The smallest absolute Gasteiger partial charge is 0.416 e. The molecule has 0 fully saturated rings. The number of carboxylic acid groups (broad SMARTS) is 1. The molecule has 0 aromatic heterocycles. The molecule has 0 atom stereocenters. The zero-order valence-electron chi connectivity index (χ0n) is 20.6. The number of aryl methyl sites for hydroxylation is 1. The van der Waals surface area contributed by atoms with Gasteiger partial charge in [-0.25, -0.2) is 9.18 Å². The Balaban J connectivity index is 1.54. The van der Waals surface area contributed by atoms with E-state index in [0.717, 1.165) is 23.1 Å². The third-order valence-corrected chi connectivity index (χ3v) is 6.39. The van der Waals surface area contributed by atoms with E-state index < -0.39 is 29.4 Å². The van der Waals surface area contributed by atoms with E-state index >= 15 is 0 Å². The minimum atomic E-state index is -4.65. The van der Waals surface area contributed by atoms with Crippen LogP contribution in [0.1, 0.15) is 27.0 Å². The zero-order valence-corrected chi connectivity index (χ0v) is 20.6. The van der Waals surface area contributed by atoms with Gasteiger partial charge in [-0.3, -0.25) is 15.1 Å². The number of carboxylic acids is 1. The average Bonchev–Trinajstić information content (AvgIpc) is 3.18. The molecule has 5 rings (SSSR count). The van der Waals surface area contributed by atoms with Gasteiger partial charge in [0.25, 0.3) is 5.91 Å². The molecule has 0 saturated carbocycles. The van der Waals surface area contributed by atoms with Crippen LogP contribution in [0.3, 0.4) is 0 Å². The number of fused-ring (bicyclic) bond motifs is 1. The highest BCUT2D eigenvalue weighted by Crippen LogP contribution is 2.41. The van der Waals surface area contributed by atoms with E-state index in [2.05, 4.69) is 10.5 Å². The predicted octanol–water partition coefficient (Wildman–Crippen LogP) is 6.72. The van der Waals surface area contributed by atoms with Gasteiger partial charge in [0.15, 0.2) is 5.71 Å². The van der Waals surface area contributed by atoms with Crippen molar-refractivity contribution >= 4 is 34.7 Å². The van der Waals surface area contributed by atoms with Gasteiger partial charge >= 0.3 is 12.1 Å². The maximum Gasteiger partial charge on any atom is 0.416 e. The van der Waals surface area contributed by atoms with Crippen LogP contribution in [0.25, 0.3) is 11.1 Å². The van der Waals surface area contributed by atoms with Gasteiger partial charge in [-0.1, -0.05) is 30.3 Å². The molecular weight excluding hydrogens is 530 g/mol. The quantitative estimate of drug-likeness (QED) is 0.146. The number of amides is 1. The number of nitrogens with zero attached hydrogens (tertiary/aromatic N) is 2. The molecule has 0 radical (unpaired) electrons. The summed E-state index contributed by atoms with van der Waals surface area (Å²) in [7, 11) is 0. The Morgan fingerprint density at radius 2 is 1.70 bits per heavy atom. The molecule has 40 heavy (non-hydrogen) atoms. The first-order chi connectivity index (χ1) is 19.0. The lowest BCUT2D eigenvalue weighted by Gasteiger charge is -2.19. The predicted molar refractivity (Wildman–Crippen MR) is 140 cm³/mol. The molecule has 0 aliphatic carbocycles. The lowest BCUT2D eigenvalue weighted by molar-refractivity contribution is -0.138. The molecule has 0 spiro atoms. The molecule has 202 valence electrons. The Bertz CT molecular complexity index is 1720. The number of alkyl halides is 3. The highest BCUT2D eigenvalue weighted by molar-refractivity contribution is 6.55. The molecular formula is C29H19F4N3O4. The Morgan fingerprint density at radius 3 is 2.42 bits per heavy atom. The van der Waals surface area contributed by atoms with Crippen LogP contribution in [0.4, 0.5) is 34.6 Å². The van der Waals surface area contributed by atoms with Crippen molar-refractivity contribution in [2.45, 2.75) is 13.1 Å². The number of hydrogen-bond donors (Lipinski definition) is 3. The first-order valence-corrected chi connectivity index (χ1v) is 11.8. The van der Waals surface area contributed by atoms with Crippen molar-refractivity contribution in [1.82, 2.24) is 0 Å². The molecule has 1 heterocycles. The SMILES string of the molecule is Cc1ccc(N2C(=O)/C(=N\Nc3cccc(-c4cccc(C(=O)O)c4)c3O)c3cc(F)ccc32)cc1C(F)(F)F. The summed E-state index contributed by atoms with van der Waals surface area (Å²) in [6.45, 7) is 1.30. The van der Waals surface area contributed by atoms with Crippen LogP contribution in [-0.4, -0.2) is 27.8 Å². The Hall–Kier alpha value is -5.19. The zero-order chi connectivity index (χ0) is 28.8. The van der Waals surface area contributed by atoms with Crippen molar-refractivity contribution in [1.29, 1.82) is 0 Å². The summed E-state index contributed by atoms with van der Waals surface area (Å²) in [5.74, 6) is -2.95. The van der Waals surface area contributed by atoms with E-state index in [0.29, 0.717) is 5.56 Å². The molecule has 0 bridgehead atoms. The van der Waals surface area contributed by atoms with Gasteiger partial charge in [-0.15, -0.1) is 0 Å². The van der Waals surface area contributed by atoms with Crippen molar-refractivity contribution in [2.75, 3.05) is 10.3 Å². The van der Waals surface area contributed by atoms with E-state index in [1.54, 1.807) is 18.2 Å². The van der Waals surface area contributed by atoms with Gasteiger partial charge in [0.1, 0.15) is 11.6 Å². The number of hydrogen-bond acceptors (Lipinski definition) is 5. The topological polar surface area (TPSA) is 102 Å². The van der Waals surface area contributed by atoms with Crippen molar-refractivity contribution in [2.24, 2.45) is 5.10 Å². The summed E-state index contributed by atoms with van der Waals surface area (Å²) in [5.41, 5.74) is 2.18. The molecule has 1 aliphatic rings. The van der Waals surface area contributed by atoms with Gasteiger partial charge < -0.3 is 10.2 Å². The van der Waals surface area contributed by atoms with Gasteiger partial charge in [0, 0.05) is 16.8 Å². The second-order valence-corrected chi connectivity index (χ2v) is 8.96. The molecule has 4 aromatic rings. The molecule has 11 heteroatoms. The second kappa shape index (κ2) is 9.84. The first kappa shape index (κ1) is 26.4. The number of aromatic hydroxyl groups is 1. The molecule has 1 amide bonds. The van der Waals surface area contributed by atoms with E-state index in [1.165, 1.54) is 49.4 Å². The fourth-order valence-electron chi connectivity index (χ4n) is 4.44. The van der Waals surface area contributed by atoms with E-state index in [9.17, 15) is 37.4 Å². The number of para-hydroxylation sites is 1. The standard InChI is InChI=1S/C29H19F4N3O4/c1-15-8-10-19(14-22(15)29(31,32)33)36-24-11-9-18(30)13-21(24)25(27(36)38)35-34-23-7-3-6-20(26(23)37)16-4-2-5-17(12-16)28(39)40/h2-14,34,37H,1H3,(H,39,40)/b35-25-. The van der Waals surface area contributed by atoms with E-state index in [-0.39, 0.29) is 50.8 Å². The molecule has 1 aliphatic heterocycles. The fourth-order valence-corrected chi connectivity index (χ4v) is 4.44. The molecule has 4 aromatic carbocycles. The summed E-state index contributed by atoms with van der Waals surface area (Å²) in [4.78, 5) is 25.8. The number of nitrogens with one attached hydrogen (secondary N) is 1. The normalized spacial score (nSPS) is 14.0. The number of rotatable bonds is 5. The number of carbonyl (C=O) groups is 2. The van der Waals surface area contributed by atoms with Gasteiger partial charge in [0.2, 0.25) is 0 Å². The van der Waals surface area contributed by atoms with Crippen LogP contribution in [0.5, 0.6) is 5.75 Å². The lowest BCUT2D eigenvalue weighted by atomic mass is 10.0. The lowest BCUT2D eigenvalue weighted by Crippen LogP contribution is -2.26. The number of halogens is 4. The Kier molecular flexibility index (Phi) is 6.50. The Morgan fingerprint density at radius 1 is 0.950 bits per heavy atom. The van der Waals surface area contributed by atoms with Crippen LogP contribution in [-0.2, 0) is 11.0 Å². The molecule has 0 unspecified atom stereocenters. The van der Waals surface area contributed by atoms with Crippen LogP contribution in [0, 0.1) is 12.7 Å². The maximum absolute atomic E-state index is 14.2. The van der Waals surface area contributed by atoms with Gasteiger partial charge in [0.05, 0.1) is 22.5 Å². The minimum Gasteiger partial charge on any atom is -0.505 e. The van der Waals surface area contributed by atoms with E-state index in [1.807, 2.05) is 0 Å². The monoisotopic (exact) mass is 549 g/mol. The van der Waals surface area contributed by atoms with Crippen LogP contribution in [0.15, 0.2) is 84.0 Å². The minimum absolute atomic E-state index is 0.00979. The number of phenols is 1. The third kappa shape index (κ3) is 4.73. The van der Waals surface area contributed by atoms with Crippen molar-refractivity contribution in [3.8, 4) is 16.9 Å². The number of phenolic OH excluding ortho intramolecular Hbond substituents is 1.